The lowest BCUT2D eigenvalue weighted by molar-refractivity contribution is 0.0663. The van der Waals surface area contributed by atoms with Crippen LogP contribution >= 0.6 is 0 Å². The molecule has 1 aliphatic heterocycles. The normalized spacial score (nSPS) is 18.4. The fourth-order valence-corrected chi connectivity index (χ4v) is 3.29. The fourth-order valence-electron chi connectivity index (χ4n) is 3.29. The quantitative estimate of drug-likeness (QED) is 0.918. The molecule has 2 unspecified atom stereocenters. The smallest absolute Gasteiger partial charge is 0.259 e. The number of nitrogens with zero attached hydrogens (tertiary/aromatic N) is 2. The Morgan fingerprint density at radius 1 is 1.33 bits per heavy atom. The molecule has 2 aromatic rings. The van der Waals surface area contributed by atoms with Crippen molar-refractivity contribution in [3.8, 4) is 5.88 Å². The Bertz CT molecular complexity index is 690. The monoisotopic (exact) mass is 326 g/mol. The van der Waals surface area contributed by atoms with Crippen molar-refractivity contribution in [1.29, 1.82) is 0 Å². The van der Waals surface area contributed by atoms with Crippen LogP contribution in [0, 0.1) is 0 Å². The number of methoxy groups -OCH3 is 1. The van der Waals surface area contributed by atoms with E-state index in [1.54, 1.807) is 18.3 Å². The van der Waals surface area contributed by atoms with Gasteiger partial charge in [0.2, 0.25) is 5.88 Å². The van der Waals surface area contributed by atoms with Crippen molar-refractivity contribution in [2.75, 3.05) is 13.7 Å². The van der Waals surface area contributed by atoms with Crippen molar-refractivity contribution in [3.63, 3.8) is 0 Å². The van der Waals surface area contributed by atoms with Crippen molar-refractivity contribution < 1.29 is 14.6 Å². The van der Waals surface area contributed by atoms with Crippen molar-refractivity contribution in [2.24, 2.45) is 0 Å². The first-order chi connectivity index (χ1) is 11.7. The molecule has 0 radical (unpaired) electrons. The first kappa shape index (κ1) is 16.5. The van der Waals surface area contributed by atoms with Crippen LogP contribution in [0.1, 0.15) is 41.3 Å². The molecule has 1 aromatic heterocycles. The Kier molecular flexibility index (Phi) is 5.11. The van der Waals surface area contributed by atoms with Crippen molar-refractivity contribution >= 4 is 5.91 Å². The molecule has 1 amide bonds. The third kappa shape index (κ3) is 3.41. The van der Waals surface area contributed by atoms with Crippen LogP contribution in [0.5, 0.6) is 5.88 Å². The molecular formula is C19H22N2O3. The molecule has 2 heterocycles. The number of amides is 1. The lowest BCUT2D eigenvalue weighted by Crippen LogP contribution is -2.36. The largest absolute Gasteiger partial charge is 0.480 e. The summed E-state index contributed by atoms with van der Waals surface area (Å²) in [5.41, 5.74) is 1.36. The Morgan fingerprint density at radius 2 is 2.12 bits per heavy atom. The van der Waals surface area contributed by atoms with E-state index in [1.165, 1.54) is 7.11 Å². The second-order valence-electron chi connectivity index (χ2n) is 6.02. The Balaban J connectivity index is 1.74. The van der Waals surface area contributed by atoms with Gasteiger partial charge in [0.15, 0.2) is 0 Å². The van der Waals surface area contributed by atoms with Gasteiger partial charge in [-0.2, -0.15) is 0 Å². The van der Waals surface area contributed by atoms with Gasteiger partial charge in [-0.25, -0.2) is 4.98 Å². The van der Waals surface area contributed by atoms with Crippen LogP contribution in [0.2, 0.25) is 0 Å². The highest BCUT2D eigenvalue weighted by molar-refractivity contribution is 5.96. The zero-order chi connectivity index (χ0) is 16.9. The molecule has 3 rings (SSSR count). The van der Waals surface area contributed by atoms with E-state index < -0.39 is 6.10 Å². The average molecular weight is 326 g/mol. The van der Waals surface area contributed by atoms with E-state index in [0.717, 1.165) is 18.4 Å². The number of ether oxygens (including phenoxy) is 1. The highest BCUT2D eigenvalue weighted by Crippen LogP contribution is 2.29. The number of pyridine rings is 1. The Hall–Kier alpha value is -2.40. The number of aliphatic hydroxyl groups excluding tert-OH is 1. The van der Waals surface area contributed by atoms with Gasteiger partial charge < -0.3 is 14.7 Å². The molecule has 24 heavy (non-hydrogen) atoms. The van der Waals surface area contributed by atoms with E-state index in [9.17, 15) is 9.90 Å². The van der Waals surface area contributed by atoms with Gasteiger partial charge in [-0.05, 0) is 37.0 Å². The summed E-state index contributed by atoms with van der Waals surface area (Å²) in [7, 11) is 1.51. The second kappa shape index (κ2) is 7.45. The minimum Gasteiger partial charge on any atom is -0.480 e. The van der Waals surface area contributed by atoms with E-state index in [1.807, 2.05) is 35.2 Å². The van der Waals surface area contributed by atoms with Gasteiger partial charge in [0, 0.05) is 18.8 Å². The van der Waals surface area contributed by atoms with Gasteiger partial charge in [-0.3, -0.25) is 4.79 Å². The molecule has 5 heteroatoms. The molecule has 1 saturated heterocycles. The molecule has 0 bridgehead atoms. The van der Waals surface area contributed by atoms with Gasteiger partial charge >= 0.3 is 0 Å². The first-order valence-electron chi connectivity index (χ1n) is 8.23. The summed E-state index contributed by atoms with van der Waals surface area (Å²) in [4.78, 5) is 18.8. The highest BCUT2D eigenvalue weighted by atomic mass is 16.5. The van der Waals surface area contributed by atoms with Crippen molar-refractivity contribution in [3.05, 3.63) is 59.8 Å². The van der Waals surface area contributed by atoms with Crippen LogP contribution in [0.4, 0.5) is 0 Å². The van der Waals surface area contributed by atoms with Gasteiger partial charge in [-0.1, -0.05) is 30.3 Å². The molecule has 1 aromatic carbocycles. The third-order valence-corrected chi connectivity index (χ3v) is 4.51. The summed E-state index contributed by atoms with van der Waals surface area (Å²) in [5, 5.41) is 10.5. The molecule has 5 nitrogen and oxygen atoms in total. The van der Waals surface area contributed by atoms with Crippen LogP contribution < -0.4 is 4.74 Å². The molecule has 1 fully saturated rings. The summed E-state index contributed by atoms with van der Waals surface area (Å²) in [6, 6.07) is 13.1. The zero-order valence-electron chi connectivity index (χ0n) is 13.8. The summed E-state index contributed by atoms with van der Waals surface area (Å²) in [6.07, 6.45) is 3.42. The molecule has 2 atom stereocenters. The Labute approximate surface area is 141 Å². The Morgan fingerprint density at radius 3 is 2.88 bits per heavy atom. The van der Waals surface area contributed by atoms with Gasteiger partial charge in [0.1, 0.15) is 5.56 Å². The zero-order valence-corrected chi connectivity index (χ0v) is 13.8. The van der Waals surface area contributed by atoms with Crippen LogP contribution in [-0.2, 0) is 0 Å². The number of benzene rings is 1. The number of hydrogen-bond donors (Lipinski definition) is 1. The third-order valence-electron chi connectivity index (χ3n) is 4.51. The number of carbonyl (C=O) groups is 1. The number of aromatic nitrogens is 1. The average Bonchev–Trinajstić information content (AvgIpc) is 3.09. The number of carbonyl (C=O) groups excluding carboxylic acids is 1. The maximum Gasteiger partial charge on any atom is 0.259 e. The molecule has 0 spiro atoms. The van der Waals surface area contributed by atoms with E-state index in [-0.39, 0.29) is 11.9 Å². The lowest BCUT2D eigenvalue weighted by Gasteiger charge is -2.27. The molecule has 0 aliphatic carbocycles. The first-order valence-corrected chi connectivity index (χ1v) is 8.23. The number of aliphatic hydroxyl groups is 1. The van der Waals surface area contributed by atoms with Crippen molar-refractivity contribution in [1.82, 2.24) is 9.88 Å². The minimum atomic E-state index is -0.569. The summed E-state index contributed by atoms with van der Waals surface area (Å²) >= 11 is 0. The molecule has 126 valence electrons. The van der Waals surface area contributed by atoms with Gasteiger partial charge in [0.05, 0.1) is 13.2 Å². The van der Waals surface area contributed by atoms with Crippen molar-refractivity contribution in [2.45, 2.75) is 31.4 Å². The minimum absolute atomic E-state index is 0.0256. The summed E-state index contributed by atoms with van der Waals surface area (Å²) in [5.74, 6) is 0.263. The summed E-state index contributed by atoms with van der Waals surface area (Å²) < 4.78 is 5.20. The molecule has 1 aliphatic rings. The van der Waals surface area contributed by atoms with E-state index >= 15 is 0 Å². The fraction of sp³-hybridized carbons (Fsp3) is 0.368. The highest BCUT2D eigenvalue weighted by Gasteiger charge is 2.32. The van der Waals surface area contributed by atoms with Crippen LogP contribution in [0.3, 0.4) is 0 Å². The SMILES string of the molecule is COc1ncccc1C(=O)N1CCCC1CC(O)c1ccccc1. The predicted octanol–water partition coefficient (Wildman–Crippen LogP) is 2.82. The number of rotatable bonds is 5. The van der Waals surface area contributed by atoms with E-state index in [2.05, 4.69) is 4.98 Å². The van der Waals surface area contributed by atoms with Crippen LogP contribution in [-0.4, -0.2) is 40.6 Å². The maximum atomic E-state index is 12.9. The van der Waals surface area contributed by atoms with E-state index in [4.69, 9.17) is 4.74 Å². The van der Waals surface area contributed by atoms with E-state index in [0.29, 0.717) is 24.4 Å². The molecule has 0 saturated carbocycles. The second-order valence-corrected chi connectivity index (χ2v) is 6.02. The molecular weight excluding hydrogens is 304 g/mol. The van der Waals surface area contributed by atoms with Gasteiger partial charge in [0.25, 0.3) is 5.91 Å². The predicted molar refractivity (Wildman–Crippen MR) is 90.9 cm³/mol. The lowest BCUT2D eigenvalue weighted by atomic mass is 10.0. The maximum absolute atomic E-state index is 12.9. The van der Waals surface area contributed by atoms with Crippen LogP contribution in [0.25, 0.3) is 0 Å². The van der Waals surface area contributed by atoms with Crippen LogP contribution in [0.15, 0.2) is 48.7 Å². The number of hydrogen-bond acceptors (Lipinski definition) is 4. The topological polar surface area (TPSA) is 62.7 Å². The standard InChI is InChI=1S/C19H22N2O3/c1-24-18-16(10-5-11-20-18)19(23)21-12-6-9-15(21)13-17(22)14-7-3-2-4-8-14/h2-5,7-8,10-11,15,17,22H,6,9,12-13H2,1H3. The summed E-state index contributed by atoms with van der Waals surface area (Å²) in [6.45, 7) is 0.697. The van der Waals surface area contributed by atoms with Gasteiger partial charge in [-0.15, -0.1) is 0 Å². The number of likely N-dealkylation sites (tertiary alicyclic amines) is 1. The molecule has 1 N–H and O–H groups in total.